The molecule has 1 saturated carbocycles. The van der Waals surface area contributed by atoms with Crippen LogP contribution < -0.4 is 0 Å². The van der Waals surface area contributed by atoms with Crippen molar-refractivity contribution in [1.29, 1.82) is 0 Å². The van der Waals surface area contributed by atoms with Crippen LogP contribution in [0.5, 0.6) is 0 Å². The van der Waals surface area contributed by atoms with Crippen molar-refractivity contribution in [3.05, 3.63) is 14.4 Å². The summed E-state index contributed by atoms with van der Waals surface area (Å²) in [7, 11) is 0. The van der Waals surface area contributed by atoms with Crippen molar-refractivity contribution in [3.63, 3.8) is 0 Å². The fourth-order valence-electron chi connectivity index (χ4n) is 1.19. The van der Waals surface area contributed by atoms with Crippen LogP contribution in [-0.4, -0.2) is 0 Å². The SMILES string of the molecule is [CH2-]C1CCCCC1.[CH3-].[Ir]. The Morgan fingerprint density at radius 3 is 1.67 bits per heavy atom. The molecular formula is C8H16Ir-2. The van der Waals surface area contributed by atoms with Gasteiger partial charge in [-0.25, -0.2) is 0 Å². The van der Waals surface area contributed by atoms with Gasteiger partial charge < -0.3 is 14.4 Å². The molecule has 1 radical (unpaired) electrons. The first-order valence-corrected chi connectivity index (χ1v) is 3.22. The Balaban J connectivity index is 0. The summed E-state index contributed by atoms with van der Waals surface area (Å²) in [5.41, 5.74) is 0. The van der Waals surface area contributed by atoms with Gasteiger partial charge in [0, 0.05) is 20.1 Å². The molecule has 0 spiro atoms. The molecule has 1 fully saturated rings. The molecule has 0 aromatic rings. The van der Waals surface area contributed by atoms with E-state index in [-0.39, 0.29) is 27.5 Å². The Morgan fingerprint density at radius 2 is 1.44 bits per heavy atom. The van der Waals surface area contributed by atoms with Crippen LogP contribution in [0.1, 0.15) is 32.1 Å². The zero-order chi connectivity index (χ0) is 5.11. The van der Waals surface area contributed by atoms with Crippen molar-refractivity contribution < 1.29 is 20.1 Å². The standard InChI is InChI=1S/C7H13.CH3.Ir/c1-7-5-3-2-4-6-7;;/h7H,1-6H2;1H3;/q2*-1;. The minimum Gasteiger partial charge on any atom is -0.358 e. The van der Waals surface area contributed by atoms with Gasteiger partial charge in [-0.05, 0) is 0 Å². The van der Waals surface area contributed by atoms with Gasteiger partial charge in [-0.3, -0.25) is 0 Å². The fourth-order valence-corrected chi connectivity index (χ4v) is 1.19. The van der Waals surface area contributed by atoms with Crippen LogP contribution >= 0.6 is 0 Å². The smallest absolute Gasteiger partial charge is 0 e. The Hall–Kier alpha value is 0.649. The first kappa shape index (κ1) is 12.3. The summed E-state index contributed by atoms with van der Waals surface area (Å²) in [6.07, 6.45) is 7.05. The molecule has 1 aliphatic carbocycles. The quantitative estimate of drug-likeness (QED) is 0.604. The van der Waals surface area contributed by atoms with Crippen molar-refractivity contribution in [3.8, 4) is 0 Å². The number of rotatable bonds is 0. The summed E-state index contributed by atoms with van der Waals surface area (Å²) in [5.74, 6) is 0.786. The minimum absolute atomic E-state index is 0. The zero-order valence-corrected chi connectivity index (χ0v) is 8.55. The van der Waals surface area contributed by atoms with Gasteiger partial charge in [0.05, 0.1) is 0 Å². The molecule has 0 unspecified atom stereocenters. The van der Waals surface area contributed by atoms with E-state index < -0.39 is 0 Å². The molecule has 0 atom stereocenters. The summed E-state index contributed by atoms with van der Waals surface area (Å²) >= 11 is 0. The number of hydrogen-bond donors (Lipinski definition) is 0. The van der Waals surface area contributed by atoms with Gasteiger partial charge in [0.15, 0.2) is 0 Å². The third-order valence-corrected chi connectivity index (χ3v) is 1.72. The molecule has 0 bridgehead atoms. The predicted molar refractivity (Wildman–Crippen MR) is 38.3 cm³/mol. The van der Waals surface area contributed by atoms with Crippen molar-refractivity contribution in [1.82, 2.24) is 0 Å². The van der Waals surface area contributed by atoms with Gasteiger partial charge in [-0.1, -0.05) is 32.1 Å². The van der Waals surface area contributed by atoms with E-state index in [0.717, 1.165) is 5.92 Å². The summed E-state index contributed by atoms with van der Waals surface area (Å²) < 4.78 is 0. The Kier molecular flexibility index (Phi) is 9.27. The summed E-state index contributed by atoms with van der Waals surface area (Å²) in [5, 5.41) is 0. The van der Waals surface area contributed by atoms with Crippen LogP contribution in [-0.2, 0) is 20.1 Å². The largest absolute Gasteiger partial charge is 0.358 e. The van der Waals surface area contributed by atoms with Gasteiger partial charge in [0.2, 0.25) is 0 Å². The van der Waals surface area contributed by atoms with Gasteiger partial charge in [0.1, 0.15) is 0 Å². The van der Waals surface area contributed by atoms with E-state index in [9.17, 15) is 0 Å². The second-order valence-corrected chi connectivity index (χ2v) is 2.50. The maximum absolute atomic E-state index is 4.00. The van der Waals surface area contributed by atoms with Crippen LogP contribution in [0.4, 0.5) is 0 Å². The predicted octanol–water partition coefficient (Wildman–Crippen LogP) is 2.85. The Labute approximate surface area is 72.8 Å². The molecule has 1 rings (SSSR count). The van der Waals surface area contributed by atoms with Gasteiger partial charge in [-0.2, -0.15) is 5.92 Å². The monoisotopic (exact) mass is 305 g/mol. The first-order valence-electron chi connectivity index (χ1n) is 3.22. The van der Waals surface area contributed by atoms with Gasteiger partial charge in [0.25, 0.3) is 0 Å². The van der Waals surface area contributed by atoms with Crippen molar-refractivity contribution in [2.45, 2.75) is 32.1 Å². The molecular weight excluding hydrogens is 288 g/mol. The zero-order valence-electron chi connectivity index (χ0n) is 6.15. The molecule has 0 N–H and O–H groups in total. The van der Waals surface area contributed by atoms with Crippen LogP contribution in [0, 0.1) is 20.3 Å². The van der Waals surface area contributed by atoms with E-state index in [4.69, 9.17) is 0 Å². The van der Waals surface area contributed by atoms with Gasteiger partial charge >= 0.3 is 0 Å². The summed E-state index contributed by atoms with van der Waals surface area (Å²) in [6.45, 7) is 4.00. The van der Waals surface area contributed by atoms with Crippen LogP contribution in [0.3, 0.4) is 0 Å². The van der Waals surface area contributed by atoms with Crippen LogP contribution in [0.15, 0.2) is 0 Å². The van der Waals surface area contributed by atoms with E-state index in [1.807, 2.05) is 0 Å². The van der Waals surface area contributed by atoms with Crippen molar-refractivity contribution in [2.24, 2.45) is 5.92 Å². The molecule has 0 aromatic carbocycles. The second kappa shape index (κ2) is 6.76. The van der Waals surface area contributed by atoms with Crippen LogP contribution in [0.2, 0.25) is 0 Å². The molecule has 0 aliphatic heterocycles. The fraction of sp³-hybridized carbons (Fsp3) is 0.750. The van der Waals surface area contributed by atoms with E-state index >= 15 is 0 Å². The average Bonchev–Trinajstić information content (AvgIpc) is 1.69. The minimum atomic E-state index is 0. The topological polar surface area (TPSA) is 0 Å². The molecule has 59 valence electrons. The molecule has 0 heterocycles. The second-order valence-electron chi connectivity index (χ2n) is 2.50. The molecule has 0 nitrogen and oxygen atoms in total. The molecule has 0 saturated heterocycles. The summed E-state index contributed by atoms with van der Waals surface area (Å²) in [6, 6.07) is 0. The molecule has 1 heteroatoms. The molecule has 1 aliphatic rings. The molecule has 0 amide bonds. The molecule has 9 heavy (non-hydrogen) atoms. The maximum atomic E-state index is 4.00. The van der Waals surface area contributed by atoms with Crippen LogP contribution in [0.25, 0.3) is 0 Å². The van der Waals surface area contributed by atoms with Crippen molar-refractivity contribution in [2.75, 3.05) is 0 Å². The average molecular weight is 304 g/mol. The van der Waals surface area contributed by atoms with E-state index in [2.05, 4.69) is 6.92 Å². The third-order valence-electron chi connectivity index (χ3n) is 1.72. The first-order chi connectivity index (χ1) is 3.39. The molecule has 0 aromatic heterocycles. The van der Waals surface area contributed by atoms with E-state index in [1.54, 1.807) is 0 Å². The van der Waals surface area contributed by atoms with Gasteiger partial charge in [-0.15, -0.1) is 0 Å². The Bertz CT molecular complexity index is 46.5. The van der Waals surface area contributed by atoms with E-state index in [1.165, 1.54) is 32.1 Å². The van der Waals surface area contributed by atoms with E-state index in [0.29, 0.717) is 0 Å². The summed E-state index contributed by atoms with van der Waals surface area (Å²) in [4.78, 5) is 0. The maximum Gasteiger partial charge on any atom is 0 e. The normalized spacial score (nSPS) is 19.7. The third kappa shape index (κ3) is 5.11. The Morgan fingerprint density at radius 1 is 1.00 bits per heavy atom. The van der Waals surface area contributed by atoms with Crippen molar-refractivity contribution >= 4 is 0 Å². The number of hydrogen-bond acceptors (Lipinski definition) is 0.